The van der Waals surface area contributed by atoms with Crippen molar-refractivity contribution in [2.45, 2.75) is 12.4 Å². The molecule has 9 aromatic heterocycles. The van der Waals surface area contributed by atoms with Crippen LogP contribution in [0.2, 0.25) is 0 Å². The number of rotatable bonds is 7. The van der Waals surface area contributed by atoms with Gasteiger partial charge in [-0.1, -0.05) is 119 Å². The van der Waals surface area contributed by atoms with Crippen LogP contribution in [-0.4, -0.2) is 61.1 Å². The van der Waals surface area contributed by atoms with Crippen LogP contribution in [-0.2, 0) is 92.8 Å². The van der Waals surface area contributed by atoms with Crippen molar-refractivity contribution in [3.8, 4) is 67.9 Å². The molecule has 1 N–H and O–H groups in total. The van der Waals surface area contributed by atoms with Crippen molar-refractivity contribution in [3.05, 3.63) is 313 Å². The van der Waals surface area contributed by atoms with Crippen molar-refractivity contribution in [2.24, 2.45) is 0 Å². The molecule has 0 saturated carbocycles. The molecule has 0 aliphatic carbocycles. The minimum absolute atomic E-state index is 0. The molecule has 0 aliphatic rings. The van der Waals surface area contributed by atoms with Gasteiger partial charge in [-0.3, -0.25) is 50.2 Å². The quantitative estimate of drug-likeness (QED) is 0.117. The van der Waals surface area contributed by atoms with Crippen molar-refractivity contribution >= 4 is 5.97 Å². The molecule has 0 spiro atoms. The van der Waals surface area contributed by atoms with Crippen LogP contribution in [0.3, 0.4) is 0 Å². The minimum Gasteiger partial charge on any atom is -0.573 e. The Balaban J connectivity index is 0.000000300. The van der Waals surface area contributed by atoms with Crippen LogP contribution in [0.5, 0.6) is 0 Å². The molecule has 0 fully saturated rings. The molecule has 13 rings (SSSR count). The molecule has 99 heavy (non-hydrogen) atoms. The van der Waals surface area contributed by atoms with Gasteiger partial charge >= 0.3 is 18.3 Å². The van der Waals surface area contributed by atoms with Crippen molar-refractivity contribution < 1.29 is 152 Å². The maximum atomic E-state index is 13.2. The molecule has 9 heterocycles. The Hall–Kier alpha value is -9.63. The van der Waals surface area contributed by atoms with Gasteiger partial charge in [0, 0.05) is 176 Å². The summed E-state index contributed by atoms with van der Waals surface area (Å²) in [4.78, 5) is 40.4. The number of hydrogen-bond donors (Lipinski definition) is 1. The molecule has 4 aromatic carbocycles. The Morgan fingerprint density at radius 1 is 0.364 bits per heavy atom. The number of halogens is 14. The molecular formula is C67H38F14Ir4N12O2-6. The molecule has 518 valence electrons. The summed E-state index contributed by atoms with van der Waals surface area (Å²) in [6.07, 6.45) is 1.54. The fourth-order valence-corrected chi connectivity index (χ4v) is 7.13. The van der Waals surface area contributed by atoms with E-state index in [-0.39, 0.29) is 126 Å². The summed E-state index contributed by atoms with van der Waals surface area (Å²) in [5.41, 5.74) is 2.40. The predicted octanol–water partition coefficient (Wildman–Crippen LogP) is 15.7. The van der Waals surface area contributed by atoms with E-state index in [4.69, 9.17) is 5.11 Å². The number of aromatic carboxylic acids is 1. The van der Waals surface area contributed by atoms with Crippen molar-refractivity contribution in [3.63, 3.8) is 0 Å². The molecule has 0 unspecified atom stereocenters. The Kier molecular flexibility index (Phi) is 35.1. The van der Waals surface area contributed by atoms with E-state index in [9.17, 15) is 66.3 Å². The Morgan fingerprint density at radius 2 is 0.667 bits per heavy atom. The summed E-state index contributed by atoms with van der Waals surface area (Å²) in [6, 6.07) is 53.4. The first-order chi connectivity index (χ1) is 45.5. The van der Waals surface area contributed by atoms with Gasteiger partial charge in [0.05, 0.1) is 5.69 Å². The monoisotopic (exact) mass is 2080 g/mol. The Morgan fingerprint density at radius 3 is 0.899 bits per heavy atom. The van der Waals surface area contributed by atoms with E-state index < -0.39 is 76.4 Å². The van der Waals surface area contributed by atoms with Crippen LogP contribution in [0, 0.1) is 70.8 Å². The third-order valence-electron chi connectivity index (χ3n) is 11.4. The smallest absolute Gasteiger partial charge is 0.431 e. The fraction of sp³-hybridized carbons (Fsp3) is 0.0299. The third kappa shape index (κ3) is 27.0. The van der Waals surface area contributed by atoms with Crippen molar-refractivity contribution in [2.75, 3.05) is 0 Å². The van der Waals surface area contributed by atoms with Gasteiger partial charge in [0.2, 0.25) is 0 Å². The normalized spacial score (nSPS) is 10.1. The van der Waals surface area contributed by atoms with E-state index >= 15 is 0 Å². The average Bonchev–Trinajstić information content (AvgIpc) is 1.67. The second kappa shape index (κ2) is 41.6. The largest absolute Gasteiger partial charge is 0.573 e. The molecule has 0 aliphatic heterocycles. The van der Waals surface area contributed by atoms with Gasteiger partial charge in [-0.2, -0.15) is 26.3 Å². The van der Waals surface area contributed by atoms with E-state index in [0.717, 1.165) is 54.6 Å². The van der Waals surface area contributed by atoms with Crippen LogP contribution in [0.4, 0.5) is 61.5 Å². The molecule has 0 bridgehead atoms. The molecule has 0 amide bonds. The number of aromatic nitrogens is 12. The predicted molar refractivity (Wildman–Crippen MR) is 314 cm³/mol. The SMILES string of the molecule is FC(F)(F)c1cc(-c2ccccn2)[n-]n1.FC(F)(F)c1n[n-]c(-c2ccccn2)n1.Fc1c[c-]c(-c2ccccn2)c(F)c1.Fc1c[c-]c(-c2ccccn2)c(F)c1.Fc1c[c-]c(-c2ccccn2)c(F)c1.Fc1c[c-]c(-c2ccccn2)c(F)c1.O=C(O)c1ccccn1.[Ir].[Ir].[Ir].[Ir]. The number of alkyl halides is 6. The van der Waals surface area contributed by atoms with Crippen LogP contribution >= 0.6 is 0 Å². The van der Waals surface area contributed by atoms with Crippen molar-refractivity contribution in [1.29, 1.82) is 0 Å². The maximum Gasteiger partial charge on any atom is 0.431 e. The standard InChI is InChI=1S/4C11H6F2N.C9H5F3N3.C8H4F3N4.C6H5NO2.4Ir/c4*12-8-4-5-9(10(13)7-8)11-3-1-2-6-14-11;10-9(11,12)8-5-7(14-15-8)6-3-1-2-4-13-6;9-8(10,11)7-13-6(14-15-7)5-3-1-2-4-12-5;8-6(9)5-3-1-2-4-7-5;;;;/h4*1-4,6-7H;1-5H;1-4H;1-4H,(H,8,9);;;;/q6*-1;;;;;. The van der Waals surface area contributed by atoms with E-state index in [1.54, 1.807) is 140 Å². The zero-order valence-electron chi connectivity index (χ0n) is 49.2. The number of hydrogen-bond acceptors (Lipinski definition) is 11. The van der Waals surface area contributed by atoms with Gasteiger partial charge in [-0.25, -0.2) is 9.78 Å². The van der Waals surface area contributed by atoms with Crippen LogP contribution in [0.25, 0.3) is 67.9 Å². The van der Waals surface area contributed by atoms with E-state index in [1.165, 1.54) is 30.7 Å². The van der Waals surface area contributed by atoms with E-state index in [0.29, 0.717) is 28.5 Å². The van der Waals surface area contributed by atoms with Gasteiger partial charge in [0.25, 0.3) is 0 Å². The number of nitrogens with zero attached hydrogens (tertiary/aromatic N) is 12. The van der Waals surface area contributed by atoms with Gasteiger partial charge in [0.15, 0.2) is 0 Å². The summed E-state index contributed by atoms with van der Waals surface area (Å²) in [6.45, 7) is 0. The van der Waals surface area contributed by atoms with Gasteiger partial charge in [-0.05, 0) is 95.3 Å². The van der Waals surface area contributed by atoms with Crippen LogP contribution in [0.1, 0.15) is 22.0 Å². The van der Waals surface area contributed by atoms with Crippen molar-refractivity contribution in [1.82, 2.24) is 60.3 Å². The number of carboxylic acid groups (broad SMARTS) is 1. The van der Waals surface area contributed by atoms with E-state index in [1.807, 2.05) is 0 Å². The summed E-state index contributed by atoms with van der Waals surface area (Å²) in [7, 11) is 0. The molecule has 4 radical (unpaired) electrons. The molecule has 0 atom stereocenters. The van der Waals surface area contributed by atoms with Crippen LogP contribution < -0.4 is 10.2 Å². The summed E-state index contributed by atoms with van der Waals surface area (Å²) in [5.74, 6) is -7.50. The number of carboxylic acids is 1. The zero-order chi connectivity index (χ0) is 68.3. The zero-order valence-corrected chi connectivity index (χ0v) is 58.8. The van der Waals surface area contributed by atoms with E-state index in [2.05, 4.69) is 84.5 Å². The van der Waals surface area contributed by atoms with Gasteiger partial charge < -0.3 is 45.3 Å². The fourth-order valence-electron chi connectivity index (χ4n) is 7.13. The first-order valence-corrected chi connectivity index (χ1v) is 26.7. The first kappa shape index (κ1) is 83.6. The molecule has 32 heteroatoms. The summed E-state index contributed by atoms with van der Waals surface area (Å²) >= 11 is 0. The molecule has 14 nitrogen and oxygen atoms in total. The second-order valence-electron chi connectivity index (χ2n) is 18.0. The average molecular weight is 2080 g/mol. The maximum absolute atomic E-state index is 13.2. The topological polar surface area (TPSA) is 194 Å². The Bertz CT molecular complexity index is 4060. The molecule has 0 saturated heterocycles. The first-order valence-electron chi connectivity index (χ1n) is 26.7. The van der Waals surface area contributed by atoms with Crippen LogP contribution in [0.15, 0.2) is 225 Å². The third-order valence-corrected chi connectivity index (χ3v) is 11.4. The molecular weight excluding hydrogens is 2040 g/mol. The van der Waals surface area contributed by atoms with Gasteiger partial charge in [0.1, 0.15) is 17.2 Å². The van der Waals surface area contributed by atoms with Gasteiger partial charge in [-0.15, -0.1) is 48.5 Å². The Labute approximate surface area is 607 Å². The summed E-state index contributed by atoms with van der Waals surface area (Å²) < 4.78 is 176. The summed E-state index contributed by atoms with van der Waals surface area (Å²) in [5, 5.41) is 21.0. The second-order valence-corrected chi connectivity index (χ2v) is 18.0. The minimum atomic E-state index is -4.57. The number of pyridine rings is 7. The number of carbonyl (C=O) groups is 1. The molecule has 13 aromatic rings. The number of benzene rings is 4.